The number of nitrogens with zero attached hydrogens (tertiary/aromatic N) is 8. The van der Waals surface area contributed by atoms with Crippen LogP contribution in [0.1, 0.15) is 62.5 Å². The summed E-state index contributed by atoms with van der Waals surface area (Å²) in [6.07, 6.45) is 3.83. The van der Waals surface area contributed by atoms with Gasteiger partial charge < -0.3 is 18.9 Å². The van der Waals surface area contributed by atoms with Crippen molar-refractivity contribution in [1.82, 2.24) is 9.80 Å². The lowest BCUT2D eigenvalue weighted by molar-refractivity contribution is -0.184. The highest BCUT2D eigenvalue weighted by atomic mass is 16.7. The average molecular weight is 757 g/mol. The molecule has 55 heavy (non-hydrogen) atoms. The second-order valence-corrected chi connectivity index (χ2v) is 14.4. The van der Waals surface area contributed by atoms with E-state index in [1.54, 1.807) is 0 Å². The van der Waals surface area contributed by atoms with Crippen LogP contribution in [0.15, 0.2) is 70.9 Å². The number of imide groups is 2. The van der Waals surface area contributed by atoms with Gasteiger partial charge in [-0.3, -0.25) is 14.4 Å². The summed E-state index contributed by atoms with van der Waals surface area (Å²) in [5, 5.41) is 7.45. The molecule has 5 aliphatic rings. The zero-order chi connectivity index (χ0) is 38.8. The predicted octanol–water partition coefficient (Wildman–Crippen LogP) is 6.20. The fourth-order valence-electron chi connectivity index (χ4n) is 8.08. The quantitative estimate of drug-likeness (QED) is 0.152. The molecule has 0 aromatic heterocycles. The average Bonchev–Trinajstić information content (AvgIpc) is 3.92. The van der Waals surface area contributed by atoms with E-state index in [0.29, 0.717) is 77.4 Å². The number of benzene rings is 2. The highest BCUT2D eigenvalue weighted by Crippen LogP contribution is 2.41. The van der Waals surface area contributed by atoms with Crippen LogP contribution in [0.25, 0.3) is 20.9 Å². The number of cyclic esters (lactones) is 2. The number of amides is 4. The lowest BCUT2D eigenvalue weighted by Crippen LogP contribution is -2.48. The minimum atomic E-state index is -0.989. The third-order valence-electron chi connectivity index (χ3n) is 11.0. The zero-order valence-corrected chi connectivity index (χ0v) is 30.4. The van der Waals surface area contributed by atoms with Crippen LogP contribution in [0.5, 0.6) is 0 Å². The molecule has 0 unspecified atom stereocenters. The Hall–Kier alpha value is -5.47. The van der Waals surface area contributed by atoms with E-state index in [4.69, 9.17) is 30.0 Å². The van der Waals surface area contributed by atoms with Gasteiger partial charge in [-0.15, -0.1) is 0 Å². The summed E-state index contributed by atoms with van der Waals surface area (Å²) in [6.45, 7) is 1.40. The molecular formula is C38H44N8O9. The third-order valence-corrected chi connectivity index (χ3v) is 11.0. The van der Waals surface area contributed by atoms with Gasteiger partial charge in [-0.1, -0.05) is 70.9 Å². The summed E-state index contributed by atoms with van der Waals surface area (Å²) in [5.74, 6) is -1.84. The number of Topliss-reactive ketones (excluding diaryl/α,β-unsaturated/α-hetero) is 1. The molecule has 4 atom stereocenters. The van der Waals surface area contributed by atoms with Crippen molar-refractivity contribution < 1.29 is 42.9 Å². The standard InChI is InChI=1S/C20H24N4O5.C18H20N4O4/c21-23-22-17(15-6-8-20(9-7-15)28-10-11-29-20)18(25)24-16(13-27-19(24)26)12-14-4-2-1-3-5-14;19-21-20-16(13-6-8-15(23)9-7-13)17(24)22-14(11-26-18(22)25)10-12-4-2-1-3-5-12/h1-5,15-17H,6-13H2;1-5,13-14,16H,6-11H2/t16-,17-;14-,16-/m00/s1. The fraction of sp³-hybridized carbons (Fsp3) is 0.553. The van der Waals surface area contributed by atoms with Crippen molar-refractivity contribution in [2.75, 3.05) is 26.4 Å². The number of azide groups is 2. The minimum absolute atomic E-state index is 0.117. The van der Waals surface area contributed by atoms with Crippen molar-refractivity contribution >= 4 is 29.8 Å². The smallest absolute Gasteiger partial charge is 0.416 e. The molecule has 0 bridgehead atoms. The van der Waals surface area contributed by atoms with E-state index < -0.39 is 54.0 Å². The molecule has 3 saturated heterocycles. The molecule has 0 N–H and O–H groups in total. The Morgan fingerprint density at radius 3 is 1.53 bits per heavy atom. The van der Waals surface area contributed by atoms with E-state index >= 15 is 0 Å². The number of rotatable bonds is 10. The molecule has 2 saturated carbocycles. The van der Waals surface area contributed by atoms with Crippen LogP contribution < -0.4 is 0 Å². The Labute approximate surface area is 317 Å². The van der Waals surface area contributed by atoms with Crippen molar-refractivity contribution in [3.05, 3.63) is 92.7 Å². The molecule has 290 valence electrons. The molecule has 2 aromatic carbocycles. The maximum atomic E-state index is 13.3. The molecule has 4 amide bonds. The molecule has 17 heteroatoms. The highest BCUT2D eigenvalue weighted by molar-refractivity contribution is 5.97. The SMILES string of the molecule is [N-]=[N+]=N[C@H](C(=O)N1C(=O)OC[C@@H]1Cc1ccccc1)C1CCC(=O)CC1.[N-]=[N+]=N[C@H](C(=O)N1C(=O)OC[C@@H]1Cc1ccccc1)C1CCC2(CC1)OCCO2. The van der Waals surface area contributed by atoms with Gasteiger partial charge >= 0.3 is 12.2 Å². The molecule has 5 fully saturated rings. The molecular weight excluding hydrogens is 712 g/mol. The van der Waals surface area contributed by atoms with Crippen molar-refractivity contribution in [3.8, 4) is 0 Å². The molecule has 1 spiro atoms. The van der Waals surface area contributed by atoms with Crippen LogP contribution >= 0.6 is 0 Å². The number of hydrogen-bond donors (Lipinski definition) is 0. The molecule has 2 aromatic rings. The summed E-state index contributed by atoms with van der Waals surface area (Å²) in [4.78, 5) is 70.1. The van der Waals surface area contributed by atoms with Gasteiger partial charge in [-0.05, 0) is 72.5 Å². The first kappa shape index (κ1) is 39.2. The van der Waals surface area contributed by atoms with Gasteiger partial charge in [0.2, 0.25) is 11.8 Å². The van der Waals surface area contributed by atoms with Gasteiger partial charge in [-0.25, -0.2) is 19.4 Å². The fourth-order valence-corrected chi connectivity index (χ4v) is 8.08. The van der Waals surface area contributed by atoms with Crippen LogP contribution in [0.2, 0.25) is 0 Å². The number of ketones is 1. The summed E-state index contributed by atoms with van der Waals surface area (Å²) < 4.78 is 21.7. The van der Waals surface area contributed by atoms with Crippen LogP contribution in [-0.4, -0.2) is 96.0 Å². The van der Waals surface area contributed by atoms with Crippen molar-refractivity contribution in [3.63, 3.8) is 0 Å². The van der Waals surface area contributed by atoms with Crippen LogP contribution in [-0.2, 0) is 46.2 Å². The zero-order valence-electron chi connectivity index (χ0n) is 30.4. The summed E-state index contributed by atoms with van der Waals surface area (Å²) in [5.41, 5.74) is 19.9. The van der Waals surface area contributed by atoms with Gasteiger partial charge in [0, 0.05) is 35.5 Å². The summed E-state index contributed by atoms with van der Waals surface area (Å²) >= 11 is 0. The first-order valence-electron chi connectivity index (χ1n) is 18.7. The van der Waals surface area contributed by atoms with Crippen molar-refractivity contribution in [2.45, 2.75) is 94.2 Å². The maximum Gasteiger partial charge on any atom is 0.416 e. The second-order valence-electron chi connectivity index (χ2n) is 14.4. The van der Waals surface area contributed by atoms with Gasteiger partial charge in [0.25, 0.3) is 0 Å². The molecule has 0 radical (unpaired) electrons. The Balaban J connectivity index is 0.000000188. The van der Waals surface area contributed by atoms with E-state index in [1.807, 2.05) is 60.7 Å². The van der Waals surface area contributed by atoms with Crippen molar-refractivity contribution in [2.24, 2.45) is 22.1 Å². The number of carbonyl (C=O) groups is 5. The first-order chi connectivity index (χ1) is 26.7. The van der Waals surface area contributed by atoms with Crippen molar-refractivity contribution in [1.29, 1.82) is 0 Å². The van der Waals surface area contributed by atoms with Crippen LogP contribution in [0.4, 0.5) is 9.59 Å². The molecule has 3 heterocycles. The number of ether oxygens (including phenoxy) is 4. The summed E-state index contributed by atoms with van der Waals surface area (Å²) in [7, 11) is 0. The Morgan fingerprint density at radius 1 is 0.691 bits per heavy atom. The monoisotopic (exact) mass is 756 g/mol. The van der Waals surface area contributed by atoms with E-state index in [9.17, 15) is 24.0 Å². The highest BCUT2D eigenvalue weighted by Gasteiger charge is 2.47. The largest absolute Gasteiger partial charge is 0.447 e. The molecule has 7 rings (SSSR count). The van der Waals surface area contributed by atoms with Gasteiger partial charge in [0.1, 0.15) is 31.1 Å². The lowest BCUT2D eigenvalue weighted by Gasteiger charge is -2.37. The Kier molecular flexibility index (Phi) is 13.0. The normalized spacial score (nSPS) is 23.5. The molecule has 3 aliphatic heterocycles. The lowest BCUT2D eigenvalue weighted by atomic mass is 9.80. The van der Waals surface area contributed by atoms with E-state index in [2.05, 4.69) is 20.1 Å². The first-order valence-corrected chi connectivity index (χ1v) is 18.7. The molecule has 2 aliphatic carbocycles. The second kappa shape index (κ2) is 18.2. The third kappa shape index (κ3) is 9.43. The minimum Gasteiger partial charge on any atom is -0.447 e. The van der Waals surface area contributed by atoms with Gasteiger partial charge in [0.15, 0.2) is 5.79 Å². The van der Waals surface area contributed by atoms with Crippen LogP contribution in [0, 0.1) is 11.8 Å². The molecule has 17 nitrogen and oxygen atoms in total. The van der Waals surface area contributed by atoms with E-state index in [1.165, 1.54) is 0 Å². The number of carbonyl (C=O) groups excluding carboxylic acids is 5. The predicted molar refractivity (Wildman–Crippen MR) is 194 cm³/mol. The van der Waals surface area contributed by atoms with E-state index in [-0.39, 0.29) is 30.8 Å². The summed E-state index contributed by atoms with van der Waals surface area (Å²) in [6, 6.07) is 16.4. The topological polar surface area (TPSA) is 226 Å². The Bertz CT molecular complexity index is 1790. The van der Waals surface area contributed by atoms with E-state index in [0.717, 1.165) is 20.9 Å². The van der Waals surface area contributed by atoms with Gasteiger partial charge in [-0.2, -0.15) is 0 Å². The van der Waals surface area contributed by atoms with Gasteiger partial charge in [0.05, 0.1) is 25.3 Å². The Morgan fingerprint density at radius 2 is 1.11 bits per heavy atom. The maximum absolute atomic E-state index is 13.3. The van der Waals surface area contributed by atoms with Crippen LogP contribution in [0.3, 0.4) is 0 Å². The number of hydrogen-bond acceptors (Lipinski definition) is 11.